The number of nitrogens with zero attached hydrogens (tertiary/aromatic N) is 3. The first kappa shape index (κ1) is 28.4. The lowest BCUT2D eigenvalue weighted by molar-refractivity contribution is 0.0981. The van der Waals surface area contributed by atoms with Crippen LogP contribution in [0.4, 0.5) is 17.3 Å². The number of nitrogens with one attached hydrogen (secondary N) is 2. The van der Waals surface area contributed by atoms with Gasteiger partial charge in [-0.05, 0) is 81.0 Å². The lowest BCUT2D eigenvalue weighted by Crippen LogP contribution is -2.41. The summed E-state index contributed by atoms with van der Waals surface area (Å²) in [6.45, 7) is 14.1. The molecule has 9 nitrogen and oxygen atoms in total. The molecule has 0 radical (unpaired) electrons. The number of carbonyl (C=O) groups excluding carboxylic acids is 1. The van der Waals surface area contributed by atoms with Crippen LogP contribution < -0.4 is 20.7 Å². The second kappa shape index (κ2) is 10.8. The molecule has 1 amide bonds. The summed E-state index contributed by atoms with van der Waals surface area (Å²) >= 11 is 0. The molecule has 1 aliphatic heterocycles. The van der Waals surface area contributed by atoms with Crippen molar-refractivity contribution >= 4 is 33.3 Å². The van der Waals surface area contributed by atoms with Gasteiger partial charge in [0.05, 0.1) is 21.8 Å². The highest BCUT2D eigenvalue weighted by molar-refractivity contribution is 7.90. The van der Waals surface area contributed by atoms with Gasteiger partial charge in [0.1, 0.15) is 11.6 Å². The van der Waals surface area contributed by atoms with E-state index in [1.807, 2.05) is 19.1 Å². The summed E-state index contributed by atoms with van der Waals surface area (Å²) in [6, 6.07) is 13.1. The van der Waals surface area contributed by atoms with Crippen molar-refractivity contribution in [1.82, 2.24) is 14.7 Å². The predicted molar refractivity (Wildman–Crippen MR) is 156 cm³/mol. The van der Waals surface area contributed by atoms with E-state index >= 15 is 0 Å². The van der Waals surface area contributed by atoms with Gasteiger partial charge >= 0.3 is 0 Å². The molecule has 10 heteroatoms. The average molecular weight is 551 g/mol. The SMILES string of the molecule is Cc1ccc(NCC(C)C)nc1-c1ccc(C(=O)NS(=O)(=O)c2cccc(N)c2)c(N2CC(C)CC2(C)C)n1. The molecule has 4 rings (SSSR count). The van der Waals surface area contributed by atoms with Gasteiger partial charge < -0.3 is 16.0 Å². The number of aryl methyl sites for hydroxylation is 1. The minimum atomic E-state index is -4.14. The first-order chi connectivity index (χ1) is 18.3. The Kier molecular flexibility index (Phi) is 7.88. The summed E-state index contributed by atoms with van der Waals surface area (Å²) in [4.78, 5) is 25.3. The average Bonchev–Trinajstić information content (AvgIpc) is 3.14. The van der Waals surface area contributed by atoms with Crippen LogP contribution in [0.1, 0.15) is 57.0 Å². The van der Waals surface area contributed by atoms with Crippen LogP contribution in [-0.2, 0) is 10.0 Å². The smallest absolute Gasteiger partial charge is 0.268 e. The van der Waals surface area contributed by atoms with Crippen LogP contribution in [0.2, 0.25) is 0 Å². The van der Waals surface area contributed by atoms with E-state index in [0.717, 1.165) is 24.3 Å². The van der Waals surface area contributed by atoms with E-state index in [2.05, 4.69) is 49.6 Å². The number of pyridine rings is 2. The molecule has 2 aromatic heterocycles. The van der Waals surface area contributed by atoms with Crippen LogP contribution in [0.3, 0.4) is 0 Å². The maximum absolute atomic E-state index is 13.5. The number of anilines is 3. The molecule has 0 aliphatic carbocycles. The molecule has 4 N–H and O–H groups in total. The van der Waals surface area contributed by atoms with Crippen molar-refractivity contribution in [3.8, 4) is 11.4 Å². The van der Waals surface area contributed by atoms with Gasteiger partial charge in [-0.2, -0.15) is 0 Å². The van der Waals surface area contributed by atoms with Crippen molar-refractivity contribution in [2.45, 2.75) is 58.4 Å². The maximum Gasteiger partial charge on any atom is 0.268 e. The standard InChI is InChI=1S/C29H38N6O3S/c1-18(2)16-31-25-13-10-20(4)26(33-25)24-12-11-23(27(32-24)35-17-19(3)15-29(35,5)6)28(36)34-39(37,38)22-9-7-8-21(30)14-22/h7-14,18-19H,15-17,30H2,1-6H3,(H,31,33)(H,34,36). The number of benzene rings is 1. The Morgan fingerprint density at radius 3 is 2.54 bits per heavy atom. The quantitative estimate of drug-likeness (QED) is 0.340. The van der Waals surface area contributed by atoms with Gasteiger partial charge in [0.15, 0.2) is 0 Å². The highest BCUT2D eigenvalue weighted by Crippen LogP contribution is 2.38. The van der Waals surface area contributed by atoms with E-state index in [1.165, 1.54) is 18.2 Å². The topological polar surface area (TPSA) is 130 Å². The Balaban J connectivity index is 1.77. The second-order valence-electron chi connectivity index (χ2n) is 11.4. The molecule has 3 aromatic rings. The number of nitrogens with two attached hydrogens (primary N) is 1. The molecular weight excluding hydrogens is 512 g/mol. The number of hydrogen-bond acceptors (Lipinski definition) is 8. The number of sulfonamides is 1. The molecular formula is C29H38N6O3S. The molecule has 208 valence electrons. The van der Waals surface area contributed by atoms with Crippen molar-refractivity contribution in [2.75, 3.05) is 29.0 Å². The van der Waals surface area contributed by atoms with Crippen molar-refractivity contribution < 1.29 is 13.2 Å². The Hall–Kier alpha value is -3.66. The van der Waals surface area contributed by atoms with Crippen molar-refractivity contribution in [3.05, 3.63) is 59.7 Å². The van der Waals surface area contributed by atoms with Crippen LogP contribution in [0.15, 0.2) is 53.4 Å². The molecule has 1 aromatic carbocycles. The summed E-state index contributed by atoms with van der Waals surface area (Å²) < 4.78 is 28.3. The molecule has 1 unspecified atom stereocenters. The van der Waals surface area contributed by atoms with Gasteiger partial charge in [0.25, 0.3) is 15.9 Å². The van der Waals surface area contributed by atoms with E-state index in [4.69, 9.17) is 15.7 Å². The molecule has 3 heterocycles. The van der Waals surface area contributed by atoms with Gasteiger partial charge in [0.2, 0.25) is 0 Å². The number of aromatic nitrogens is 2. The van der Waals surface area contributed by atoms with Gasteiger partial charge in [-0.15, -0.1) is 0 Å². The maximum atomic E-state index is 13.5. The third kappa shape index (κ3) is 6.33. The van der Waals surface area contributed by atoms with Gasteiger partial charge in [-0.3, -0.25) is 4.79 Å². The number of amides is 1. The molecule has 1 aliphatic rings. The zero-order chi connectivity index (χ0) is 28.5. The second-order valence-corrected chi connectivity index (χ2v) is 13.1. The summed E-state index contributed by atoms with van der Waals surface area (Å²) in [7, 11) is -4.14. The lowest BCUT2D eigenvalue weighted by atomic mass is 9.97. The predicted octanol–water partition coefficient (Wildman–Crippen LogP) is 4.85. The van der Waals surface area contributed by atoms with E-state index in [0.29, 0.717) is 35.6 Å². The van der Waals surface area contributed by atoms with Crippen molar-refractivity contribution in [2.24, 2.45) is 11.8 Å². The normalized spacial score (nSPS) is 16.9. The first-order valence-electron chi connectivity index (χ1n) is 13.2. The van der Waals surface area contributed by atoms with E-state index < -0.39 is 15.9 Å². The number of nitrogen functional groups attached to an aromatic ring is 1. The molecule has 1 saturated heterocycles. The third-order valence-corrected chi connectivity index (χ3v) is 8.20. The monoisotopic (exact) mass is 550 g/mol. The van der Waals surface area contributed by atoms with Gasteiger partial charge in [0, 0.05) is 24.3 Å². The Bertz CT molecular complexity index is 1490. The molecule has 1 fully saturated rings. The van der Waals surface area contributed by atoms with E-state index in [-0.39, 0.29) is 21.7 Å². The number of carbonyl (C=O) groups is 1. The minimum Gasteiger partial charge on any atom is -0.399 e. The third-order valence-electron chi connectivity index (χ3n) is 6.87. The van der Waals surface area contributed by atoms with Crippen LogP contribution in [0, 0.1) is 18.8 Å². The van der Waals surface area contributed by atoms with E-state index in [1.54, 1.807) is 18.2 Å². The molecule has 0 saturated carbocycles. The number of hydrogen-bond donors (Lipinski definition) is 3. The van der Waals surface area contributed by atoms with Gasteiger partial charge in [-0.1, -0.05) is 32.9 Å². The zero-order valence-corrected chi connectivity index (χ0v) is 24.3. The van der Waals surface area contributed by atoms with Crippen LogP contribution in [0.5, 0.6) is 0 Å². The van der Waals surface area contributed by atoms with Crippen LogP contribution in [0.25, 0.3) is 11.4 Å². The summed E-state index contributed by atoms with van der Waals surface area (Å²) in [5, 5.41) is 3.36. The van der Waals surface area contributed by atoms with Crippen molar-refractivity contribution in [3.63, 3.8) is 0 Å². The Morgan fingerprint density at radius 2 is 1.90 bits per heavy atom. The summed E-state index contributed by atoms with van der Waals surface area (Å²) in [6.07, 6.45) is 0.910. The minimum absolute atomic E-state index is 0.0809. The largest absolute Gasteiger partial charge is 0.399 e. The lowest BCUT2D eigenvalue weighted by Gasteiger charge is -2.34. The molecule has 0 bridgehead atoms. The Morgan fingerprint density at radius 1 is 1.15 bits per heavy atom. The summed E-state index contributed by atoms with van der Waals surface area (Å²) in [5.41, 5.74) is 8.22. The van der Waals surface area contributed by atoms with E-state index in [9.17, 15) is 13.2 Å². The fraction of sp³-hybridized carbons (Fsp3) is 0.414. The summed E-state index contributed by atoms with van der Waals surface area (Å²) in [5.74, 6) is 1.27. The molecule has 1 atom stereocenters. The first-order valence-corrected chi connectivity index (χ1v) is 14.7. The molecule has 39 heavy (non-hydrogen) atoms. The van der Waals surface area contributed by atoms with Crippen LogP contribution >= 0.6 is 0 Å². The Labute approximate surface area is 231 Å². The number of rotatable bonds is 8. The fourth-order valence-electron chi connectivity index (χ4n) is 5.04. The molecule has 0 spiro atoms. The zero-order valence-electron chi connectivity index (χ0n) is 23.4. The highest BCUT2D eigenvalue weighted by Gasteiger charge is 2.39. The van der Waals surface area contributed by atoms with Gasteiger partial charge in [-0.25, -0.2) is 23.1 Å². The fourth-order valence-corrected chi connectivity index (χ4v) is 6.06. The van der Waals surface area contributed by atoms with Crippen LogP contribution in [-0.4, -0.2) is 42.9 Å². The highest BCUT2D eigenvalue weighted by atomic mass is 32.2. The van der Waals surface area contributed by atoms with Crippen molar-refractivity contribution in [1.29, 1.82) is 0 Å².